The predicted octanol–water partition coefficient (Wildman–Crippen LogP) is 2.80. The highest BCUT2D eigenvalue weighted by molar-refractivity contribution is 6.63. The normalized spacial score (nSPS) is 18.8. The molecule has 0 aromatic carbocycles. The number of carbonyl (C=O) groups excluding carboxylic acids is 1. The maximum absolute atomic E-state index is 10.5. The van der Waals surface area contributed by atoms with Gasteiger partial charge in [0.05, 0.1) is 0 Å². The molecule has 2 nitrogen and oxygen atoms in total. The molecule has 0 aromatic heterocycles. The van der Waals surface area contributed by atoms with E-state index < -0.39 is 0 Å². The van der Waals surface area contributed by atoms with Crippen molar-refractivity contribution in [2.24, 2.45) is 0 Å². The summed E-state index contributed by atoms with van der Waals surface area (Å²) in [5, 5.41) is -0.206. The molecule has 0 amide bonds. The Kier molecular flexibility index (Phi) is 5.49. The lowest BCUT2D eigenvalue weighted by molar-refractivity contribution is -0.111. The molecule has 82 valence electrons. The minimum atomic E-state index is -0.206. The maximum Gasteiger partial charge on any atom is 0.221 e. The van der Waals surface area contributed by atoms with Crippen LogP contribution in [0.25, 0.3) is 0 Å². The third kappa shape index (κ3) is 4.43. The van der Waals surface area contributed by atoms with Crippen LogP contribution in [0.1, 0.15) is 44.9 Å². The molecule has 0 heterocycles. The second-order valence-corrected chi connectivity index (χ2v) is 4.65. The smallest absolute Gasteiger partial charge is 0.221 e. The zero-order valence-electron chi connectivity index (χ0n) is 8.97. The number of nitrogens with zero attached hydrogens (tertiary/aromatic N) is 1. The molecule has 1 aliphatic rings. The summed E-state index contributed by atoms with van der Waals surface area (Å²) in [6.45, 7) is 1.00. The van der Waals surface area contributed by atoms with Crippen molar-refractivity contribution in [1.29, 1.82) is 0 Å². The highest BCUT2D eigenvalue weighted by Crippen LogP contribution is 2.21. The Morgan fingerprint density at radius 2 is 2.00 bits per heavy atom. The molecule has 0 unspecified atom stereocenters. The zero-order chi connectivity index (χ0) is 10.4. The summed E-state index contributed by atoms with van der Waals surface area (Å²) in [6.07, 6.45) is 8.18. The van der Waals surface area contributed by atoms with E-state index >= 15 is 0 Å². The van der Waals surface area contributed by atoms with E-state index in [1.54, 1.807) is 0 Å². The van der Waals surface area contributed by atoms with Crippen molar-refractivity contribution in [3.8, 4) is 0 Å². The fourth-order valence-electron chi connectivity index (χ4n) is 2.17. The van der Waals surface area contributed by atoms with Crippen LogP contribution in [-0.4, -0.2) is 29.8 Å². The molecule has 0 bridgehead atoms. The first-order valence-corrected chi connectivity index (χ1v) is 5.96. The number of halogens is 1. The van der Waals surface area contributed by atoms with Crippen molar-refractivity contribution in [1.82, 2.24) is 4.90 Å². The number of carbonyl (C=O) groups is 1. The molecule has 1 saturated carbocycles. The topological polar surface area (TPSA) is 20.3 Å². The highest BCUT2D eigenvalue weighted by atomic mass is 35.5. The van der Waals surface area contributed by atoms with Gasteiger partial charge in [-0.2, -0.15) is 0 Å². The molecule has 1 rings (SSSR count). The monoisotopic (exact) mass is 217 g/mol. The highest BCUT2D eigenvalue weighted by Gasteiger charge is 2.17. The van der Waals surface area contributed by atoms with Crippen LogP contribution in [0.15, 0.2) is 0 Å². The van der Waals surface area contributed by atoms with E-state index in [1.165, 1.54) is 32.1 Å². The van der Waals surface area contributed by atoms with Gasteiger partial charge in [-0.3, -0.25) is 4.79 Å². The van der Waals surface area contributed by atoms with E-state index in [9.17, 15) is 4.79 Å². The van der Waals surface area contributed by atoms with Gasteiger partial charge in [0, 0.05) is 12.5 Å². The zero-order valence-corrected chi connectivity index (χ0v) is 9.72. The second kappa shape index (κ2) is 6.41. The molecular weight excluding hydrogens is 198 g/mol. The predicted molar refractivity (Wildman–Crippen MR) is 59.6 cm³/mol. The number of hydrogen-bond donors (Lipinski definition) is 0. The van der Waals surface area contributed by atoms with Crippen LogP contribution in [0.3, 0.4) is 0 Å². The fourth-order valence-corrected chi connectivity index (χ4v) is 2.31. The molecule has 0 aliphatic heterocycles. The van der Waals surface area contributed by atoms with E-state index in [1.807, 2.05) is 0 Å². The quantitative estimate of drug-likeness (QED) is 0.661. The summed E-state index contributed by atoms with van der Waals surface area (Å²) in [6, 6.07) is 0.745. The molecule has 0 radical (unpaired) electrons. The average molecular weight is 218 g/mol. The van der Waals surface area contributed by atoms with Gasteiger partial charge in [-0.1, -0.05) is 19.3 Å². The Hall–Kier alpha value is -0.0800. The fraction of sp³-hybridized carbons (Fsp3) is 0.909. The Morgan fingerprint density at radius 3 is 2.57 bits per heavy atom. The van der Waals surface area contributed by atoms with Crippen LogP contribution in [-0.2, 0) is 4.79 Å². The standard InChI is InChI=1S/C11H20ClNO/c1-13(9-5-8-11(12)14)10-6-3-2-4-7-10/h10H,2-9H2,1H3. The molecule has 0 saturated heterocycles. The average Bonchev–Trinajstić information content (AvgIpc) is 2.18. The van der Waals surface area contributed by atoms with Crippen molar-refractivity contribution in [3.05, 3.63) is 0 Å². The second-order valence-electron chi connectivity index (χ2n) is 4.23. The first-order chi connectivity index (χ1) is 6.70. The molecule has 14 heavy (non-hydrogen) atoms. The van der Waals surface area contributed by atoms with Crippen LogP contribution >= 0.6 is 11.6 Å². The Balaban J connectivity index is 2.13. The van der Waals surface area contributed by atoms with Gasteiger partial charge in [-0.15, -0.1) is 0 Å². The van der Waals surface area contributed by atoms with Gasteiger partial charge in [-0.05, 0) is 44.5 Å². The summed E-state index contributed by atoms with van der Waals surface area (Å²) in [4.78, 5) is 12.9. The Morgan fingerprint density at radius 1 is 1.36 bits per heavy atom. The third-order valence-corrected chi connectivity index (χ3v) is 3.27. The van der Waals surface area contributed by atoms with Crippen molar-refractivity contribution in [2.45, 2.75) is 51.0 Å². The van der Waals surface area contributed by atoms with Crippen molar-refractivity contribution in [3.63, 3.8) is 0 Å². The summed E-state index contributed by atoms with van der Waals surface area (Å²) in [5.74, 6) is 0. The van der Waals surface area contributed by atoms with E-state index in [-0.39, 0.29) is 5.24 Å². The number of rotatable bonds is 5. The van der Waals surface area contributed by atoms with Crippen molar-refractivity contribution in [2.75, 3.05) is 13.6 Å². The van der Waals surface area contributed by atoms with E-state index in [4.69, 9.17) is 11.6 Å². The van der Waals surface area contributed by atoms with E-state index in [0.29, 0.717) is 6.42 Å². The lowest BCUT2D eigenvalue weighted by Gasteiger charge is -2.31. The summed E-state index contributed by atoms with van der Waals surface area (Å²) in [5.41, 5.74) is 0. The first kappa shape index (κ1) is 12.0. The molecule has 1 fully saturated rings. The maximum atomic E-state index is 10.5. The van der Waals surface area contributed by atoms with Crippen LogP contribution in [0, 0.1) is 0 Å². The molecule has 3 heteroatoms. The lowest BCUT2D eigenvalue weighted by atomic mass is 9.94. The summed E-state index contributed by atoms with van der Waals surface area (Å²) in [7, 11) is 2.16. The van der Waals surface area contributed by atoms with Gasteiger partial charge in [0.1, 0.15) is 0 Å². The van der Waals surface area contributed by atoms with Gasteiger partial charge in [0.2, 0.25) is 5.24 Å². The van der Waals surface area contributed by atoms with Crippen LogP contribution in [0.2, 0.25) is 0 Å². The van der Waals surface area contributed by atoms with Gasteiger partial charge < -0.3 is 4.90 Å². The van der Waals surface area contributed by atoms with Gasteiger partial charge in [0.15, 0.2) is 0 Å². The van der Waals surface area contributed by atoms with Crippen LogP contribution in [0.4, 0.5) is 0 Å². The molecule has 0 aromatic rings. The minimum Gasteiger partial charge on any atom is -0.303 e. The Labute approximate surface area is 91.6 Å². The van der Waals surface area contributed by atoms with Crippen LogP contribution in [0.5, 0.6) is 0 Å². The molecule has 0 spiro atoms. The van der Waals surface area contributed by atoms with Crippen molar-refractivity contribution < 1.29 is 4.79 Å². The van der Waals surface area contributed by atoms with Gasteiger partial charge in [-0.25, -0.2) is 0 Å². The minimum absolute atomic E-state index is 0.206. The molecular formula is C11H20ClNO. The number of hydrogen-bond acceptors (Lipinski definition) is 2. The summed E-state index contributed by atoms with van der Waals surface area (Å²) < 4.78 is 0. The van der Waals surface area contributed by atoms with Crippen molar-refractivity contribution >= 4 is 16.8 Å². The van der Waals surface area contributed by atoms with E-state index in [2.05, 4.69) is 11.9 Å². The Bertz CT molecular complexity index is 178. The largest absolute Gasteiger partial charge is 0.303 e. The van der Waals surface area contributed by atoms with Gasteiger partial charge in [0.25, 0.3) is 0 Å². The van der Waals surface area contributed by atoms with Crippen LogP contribution < -0.4 is 0 Å². The molecule has 0 N–H and O–H groups in total. The third-order valence-electron chi connectivity index (χ3n) is 3.08. The lowest BCUT2D eigenvalue weighted by Crippen LogP contribution is -2.34. The molecule has 0 atom stereocenters. The van der Waals surface area contributed by atoms with Gasteiger partial charge >= 0.3 is 0 Å². The van der Waals surface area contributed by atoms with E-state index in [0.717, 1.165) is 19.0 Å². The SMILES string of the molecule is CN(CCCC(=O)Cl)C1CCCCC1. The first-order valence-electron chi connectivity index (χ1n) is 5.58. The molecule has 1 aliphatic carbocycles. The summed E-state index contributed by atoms with van der Waals surface area (Å²) >= 11 is 5.29.